The first-order valence-electron chi connectivity index (χ1n) is 8.39. The van der Waals surface area contributed by atoms with Gasteiger partial charge in [-0.1, -0.05) is 23.8 Å². The number of anilines is 1. The molecule has 4 heteroatoms. The highest BCUT2D eigenvalue weighted by Gasteiger charge is 2.14. The molecule has 124 valence electrons. The standard InChI is InChI=1S/C20H23N3O/c1-15-5-8-18(9-6-15)20(24)22-21-14-17-7-10-19(16(2)13-17)23-11-3-4-12-23/h5-10,13-14H,3-4,11-12H2,1-2H3,(H,22,24)/b21-14+. The highest BCUT2D eigenvalue weighted by molar-refractivity contribution is 5.94. The van der Waals surface area contributed by atoms with Gasteiger partial charge in [0.05, 0.1) is 6.21 Å². The molecule has 0 saturated carbocycles. The molecular weight excluding hydrogens is 298 g/mol. The van der Waals surface area contributed by atoms with Crippen LogP contribution in [0, 0.1) is 13.8 Å². The van der Waals surface area contributed by atoms with Gasteiger partial charge in [0.15, 0.2) is 0 Å². The van der Waals surface area contributed by atoms with Crippen LogP contribution in [0.4, 0.5) is 5.69 Å². The van der Waals surface area contributed by atoms with Gasteiger partial charge in [-0.25, -0.2) is 5.43 Å². The lowest BCUT2D eigenvalue weighted by molar-refractivity contribution is 0.0955. The van der Waals surface area contributed by atoms with Crippen LogP contribution in [0.2, 0.25) is 0 Å². The third-order valence-electron chi connectivity index (χ3n) is 4.36. The van der Waals surface area contributed by atoms with Crippen molar-refractivity contribution in [3.05, 3.63) is 64.7 Å². The summed E-state index contributed by atoms with van der Waals surface area (Å²) in [7, 11) is 0. The van der Waals surface area contributed by atoms with Crippen molar-refractivity contribution in [3.8, 4) is 0 Å². The maximum absolute atomic E-state index is 12.0. The van der Waals surface area contributed by atoms with Crippen LogP contribution in [-0.2, 0) is 0 Å². The minimum absolute atomic E-state index is 0.198. The quantitative estimate of drug-likeness (QED) is 0.690. The Hall–Kier alpha value is -2.62. The first kappa shape index (κ1) is 16.2. The third-order valence-corrected chi connectivity index (χ3v) is 4.36. The predicted octanol–water partition coefficient (Wildman–Crippen LogP) is 3.67. The van der Waals surface area contributed by atoms with E-state index in [-0.39, 0.29) is 5.91 Å². The number of carbonyl (C=O) groups is 1. The van der Waals surface area contributed by atoms with Crippen molar-refractivity contribution in [1.82, 2.24) is 5.43 Å². The fourth-order valence-corrected chi connectivity index (χ4v) is 3.01. The number of aryl methyl sites for hydroxylation is 2. The van der Waals surface area contributed by atoms with Gasteiger partial charge in [-0.05, 0) is 62.1 Å². The molecule has 4 nitrogen and oxygen atoms in total. The number of hydrazone groups is 1. The van der Waals surface area contributed by atoms with E-state index in [0.29, 0.717) is 5.56 Å². The first-order valence-corrected chi connectivity index (χ1v) is 8.39. The Bertz CT molecular complexity index is 744. The second kappa shape index (κ2) is 7.30. The molecule has 0 radical (unpaired) electrons. The van der Waals surface area contributed by atoms with E-state index >= 15 is 0 Å². The summed E-state index contributed by atoms with van der Waals surface area (Å²) < 4.78 is 0. The smallest absolute Gasteiger partial charge is 0.271 e. The molecule has 0 aromatic heterocycles. The van der Waals surface area contributed by atoms with E-state index in [1.807, 2.05) is 25.1 Å². The van der Waals surface area contributed by atoms with Crippen LogP contribution in [0.5, 0.6) is 0 Å². The number of nitrogens with zero attached hydrogens (tertiary/aromatic N) is 2. The number of hydrogen-bond acceptors (Lipinski definition) is 3. The molecule has 0 aliphatic carbocycles. The van der Waals surface area contributed by atoms with E-state index in [2.05, 4.69) is 34.5 Å². The average Bonchev–Trinajstić information content (AvgIpc) is 3.10. The van der Waals surface area contributed by atoms with Gasteiger partial charge in [0.1, 0.15) is 0 Å². The van der Waals surface area contributed by atoms with E-state index in [1.54, 1.807) is 18.3 Å². The molecule has 1 aliphatic rings. The zero-order valence-electron chi connectivity index (χ0n) is 14.2. The molecule has 2 aromatic rings. The number of hydrogen-bond donors (Lipinski definition) is 1. The maximum atomic E-state index is 12.0. The van der Waals surface area contributed by atoms with E-state index in [9.17, 15) is 4.79 Å². The zero-order chi connectivity index (χ0) is 16.9. The van der Waals surface area contributed by atoms with E-state index in [0.717, 1.165) is 24.2 Å². The Balaban J connectivity index is 1.63. The van der Waals surface area contributed by atoms with Crippen molar-refractivity contribution in [3.63, 3.8) is 0 Å². The lowest BCUT2D eigenvalue weighted by Crippen LogP contribution is -2.19. The molecule has 2 aromatic carbocycles. The van der Waals surface area contributed by atoms with Gasteiger partial charge in [0.2, 0.25) is 0 Å². The topological polar surface area (TPSA) is 44.7 Å². The molecule has 1 heterocycles. The highest BCUT2D eigenvalue weighted by atomic mass is 16.2. The van der Waals surface area contributed by atoms with Crippen molar-refractivity contribution in [2.24, 2.45) is 5.10 Å². The summed E-state index contributed by atoms with van der Waals surface area (Å²) in [5.74, 6) is -0.198. The molecule has 0 bridgehead atoms. The van der Waals surface area contributed by atoms with E-state index in [4.69, 9.17) is 0 Å². The van der Waals surface area contributed by atoms with Gasteiger partial charge in [0, 0.05) is 24.3 Å². The minimum Gasteiger partial charge on any atom is -0.371 e. The molecule has 1 saturated heterocycles. The average molecular weight is 321 g/mol. The van der Waals surface area contributed by atoms with Gasteiger partial charge < -0.3 is 4.90 Å². The summed E-state index contributed by atoms with van der Waals surface area (Å²) in [6, 6.07) is 13.7. The van der Waals surface area contributed by atoms with Crippen LogP contribution in [0.1, 0.15) is 39.9 Å². The summed E-state index contributed by atoms with van der Waals surface area (Å²) >= 11 is 0. The molecule has 24 heavy (non-hydrogen) atoms. The number of benzene rings is 2. The molecule has 0 atom stereocenters. The second-order valence-electron chi connectivity index (χ2n) is 6.31. The van der Waals surface area contributed by atoms with Gasteiger partial charge in [-0.3, -0.25) is 4.79 Å². The van der Waals surface area contributed by atoms with Gasteiger partial charge in [-0.15, -0.1) is 0 Å². The summed E-state index contributed by atoms with van der Waals surface area (Å²) in [6.45, 7) is 6.39. The summed E-state index contributed by atoms with van der Waals surface area (Å²) in [6.07, 6.45) is 4.23. The second-order valence-corrected chi connectivity index (χ2v) is 6.31. The van der Waals surface area contributed by atoms with Crippen molar-refractivity contribution in [2.75, 3.05) is 18.0 Å². The fourth-order valence-electron chi connectivity index (χ4n) is 3.01. The van der Waals surface area contributed by atoms with Gasteiger partial charge in [-0.2, -0.15) is 5.10 Å². The first-order chi connectivity index (χ1) is 11.6. The normalized spacial score (nSPS) is 14.3. The van der Waals surface area contributed by atoms with Crippen LogP contribution in [0.15, 0.2) is 47.6 Å². The number of rotatable bonds is 4. The molecule has 1 fully saturated rings. The van der Waals surface area contributed by atoms with E-state index < -0.39 is 0 Å². The monoisotopic (exact) mass is 321 g/mol. The Morgan fingerprint density at radius 3 is 2.46 bits per heavy atom. The van der Waals surface area contributed by atoms with Crippen molar-refractivity contribution in [2.45, 2.75) is 26.7 Å². The molecule has 3 rings (SSSR count). The maximum Gasteiger partial charge on any atom is 0.271 e. The SMILES string of the molecule is Cc1ccc(C(=O)N/N=C/c2ccc(N3CCCC3)c(C)c2)cc1. The lowest BCUT2D eigenvalue weighted by Gasteiger charge is -2.20. The van der Waals surface area contributed by atoms with Crippen LogP contribution in [0.3, 0.4) is 0 Å². The van der Waals surface area contributed by atoms with Crippen LogP contribution < -0.4 is 10.3 Å². The highest BCUT2D eigenvalue weighted by Crippen LogP contribution is 2.24. The van der Waals surface area contributed by atoms with Crippen LogP contribution in [-0.4, -0.2) is 25.2 Å². The fraction of sp³-hybridized carbons (Fsp3) is 0.300. The molecule has 1 N–H and O–H groups in total. The van der Waals surface area contributed by atoms with E-state index in [1.165, 1.54) is 24.1 Å². The number of nitrogens with one attached hydrogen (secondary N) is 1. The molecular formula is C20H23N3O. The minimum atomic E-state index is -0.198. The summed E-state index contributed by atoms with van der Waals surface area (Å²) in [5, 5.41) is 4.07. The Labute approximate surface area is 143 Å². The zero-order valence-corrected chi connectivity index (χ0v) is 14.2. The Morgan fingerprint density at radius 1 is 1.08 bits per heavy atom. The largest absolute Gasteiger partial charge is 0.371 e. The number of carbonyl (C=O) groups excluding carboxylic acids is 1. The lowest BCUT2D eigenvalue weighted by atomic mass is 10.1. The van der Waals surface area contributed by atoms with Gasteiger partial charge in [0.25, 0.3) is 5.91 Å². The van der Waals surface area contributed by atoms with Crippen molar-refractivity contribution < 1.29 is 4.79 Å². The Kier molecular flexibility index (Phi) is 4.94. The number of amides is 1. The molecule has 0 unspecified atom stereocenters. The molecule has 0 spiro atoms. The van der Waals surface area contributed by atoms with Gasteiger partial charge >= 0.3 is 0 Å². The predicted molar refractivity (Wildman–Crippen MR) is 98.9 cm³/mol. The Morgan fingerprint density at radius 2 is 1.79 bits per heavy atom. The van der Waals surface area contributed by atoms with Crippen molar-refractivity contribution >= 4 is 17.8 Å². The third kappa shape index (κ3) is 3.82. The molecule has 1 aliphatic heterocycles. The van der Waals surface area contributed by atoms with Crippen molar-refractivity contribution in [1.29, 1.82) is 0 Å². The molecule has 1 amide bonds. The summed E-state index contributed by atoms with van der Waals surface area (Å²) in [5.41, 5.74) is 7.84. The van der Waals surface area contributed by atoms with Crippen LogP contribution in [0.25, 0.3) is 0 Å². The van der Waals surface area contributed by atoms with Crippen LogP contribution >= 0.6 is 0 Å². The summed E-state index contributed by atoms with van der Waals surface area (Å²) in [4.78, 5) is 14.4.